The summed E-state index contributed by atoms with van der Waals surface area (Å²) in [6.07, 6.45) is 55.2. The van der Waals surface area contributed by atoms with Crippen molar-refractivity contribution in [3.05, 3.63) is 0 Å². The second-order valence-electron chi connectivity index (χ2n) is 21.0. The van der Waals surface area contributed by atoms with Crippen molar-refractivity contribution in [2.75, 3.05) is 13.2 Å². The molecule has 0 aromatic carbocycles. The van der Waals surface area contributed by atoms with E-state index in [-0.39, 0.29) is 31.1 Å². The van der Waals surface area contributed by atoms with Gasteiger partial charge in [0.2, 0.25) is 0 Å². The molecular formula is C59H114O6. The first-order valence-electron chi connectivity index (χ1n) is 29.3. The molecule has 0 bridgehead atoms. The molecule has 0 rings (SSSR count). The molecule has 0 fully saturated rings. The fourth-order valence-electron chi connectivity index (χ4n) is 9.02. The topological polar surface area (TPSA) is 78.9 Å². The maximum atomic E-state index is 12.8. The summed E-state index contributed by atoms with van der Waals surface area (Å²) in [6.45, 7) is 11.4. The second kappa shape index (κ2) is 51.8. The molecule has 0 amide bonds. The van der Waals surface area contributed by atoms with E-state index in [9.17, 15) is 14.4 Å². The monoisotopic (exact) mass is 919 g/mol. The number of hydrogen-bond donors (Lipinski definition) is 0. The van der Waals surface area contributed by atoms with E-state index < -0.39 is 6.10 Å². The third-order valence-corrected chi connectivity index (χ3v) is 13.8. The maximum absolute atomic E-state index is 12.8. The smallest absolute Gasteiger partial charge is 0.306 e. The Kier molecular flexibility index (Phi) is 50.5. The summed E-state index contributed by atoms with van der Waals surface area (Å²) in [5.41, 5.74) is 0. The molecule has 2 atom stereocenters. The minimum Gasteiger partial charge on any atom is -0.462 e. The average molecular weight is 920 g/mol. The Morgan fingerprint density at radius 3 is 0.877 bits per heavy atom. The van der Waals surface area contributed by atoms with Crippen LogP contribution in [0, 0.1) is 11.8 Å². The predicted molar refractivity (Wildman–Crippen MR) is 280 cm³/mol. The Balaban J connectivity index is 4.24. The molecule has 1 unspecified atom stereocenters. The summed E-state index contributed by atoms with van der Waals surface area (Å²) in [6, 6.07) is 0. The first-order chi connectivity index (χ1) is 31.8. The van der Waals surface area contributed by atoms with Crippen LogP contribution in [0.2, 0.25) is 0 Å². The van der Waals surface area contributed by atoms with Gasteiger partial charge in [0, 0.05) is 19.3 Å². The Bertz CT molecular complexity index is 995. The molecule has 0 aromatic rings. The summed E-state index contributed by atoms with van der Waals surface area (Å²) in [5, 5.41) is 0. The zero-order valence-corrected chi connectivity index (χ0v) is 44.6. The first-order valence-corrected chi connectivity index (χ1v) is 29.3. The van der Waals surface area contributed by atoms with Crippen LogP contribution >= 0.6 is 0 Å². The lowest BCUT2D eigenvalue weighted by Crippen LogP contribution is -2.30. The summed E-state index contributed by atoms with van der Waals surface area (Å²) in [7, 11) is 0. The van der Waals surface area contributed by atoms with Crippen LogP contribution in [0.1, 0.15) is 330 Å². The van der Waals surface area contributed by atoms with Gasteiger partial charge in [-0.1, -0.05) is 291 Å². The van der Waals surface area contributed by atoms with E-state index in [1.54, 1.807) is 0 Å². The van der Waals surface area contributed by atoms with Crippen molar-refractivity contribution < 1.29 is 28.6 Å². The van der Waals surface area contributed by atoms with Crippen LogP contribution in [-0.2, 0) is 28.6 Å². The largest absolute Gasteiger partial charge is 0.462 e. The van der Waals surface area contributed by atoms with E-state index in [0.29, 0.717) is 19.3 Å². The summed E-state index contributed by atoms with van der Waals surface area (Å²) in [4.78, 5) is 38.1. The number of ether oxygens (including phenoxy) is 3. The number of carbonyl (C=O) groups is 3. The standard InChI is InChI=1S/C59H114O6/c1-6-8-9-10-11-12-13-14-15-16-17-18-22-25-28-34-39-44-49-57(60)63-52-56(65-59(62)51-46-41-36-31-30-32-37-42-47-54(3)4)53-64-58(61)50-45-40-35-29-26-23-20-19-21-24-27-33-38-43-48-55(5)7-2/h54-56H,6-53H2,1-5H3/t55?,56-/m1/s1. The van der Waals surface area contributed by atoms with Crippen molar-refractivity contribution in [2.24, 2.45) is 11.8 Å². The van der Waals surface area contributed by atoms with Gasteiger partial charge in [-0.05, 0) is 31.1 Å². The van der Waals surface area contributed by atoms with E-state index in [2.05, 4.69) is 34.6 Å². The van der Waals surface area contributed by atoms with Gasteiger partial charge in [-0.3, -0.25) is 14.4 Å². The molecule has 0 aliphatic carbocycles. The molecule has 386 valence electrons. The molecule has 65 heavy (non-hydrogen) atoms. The second-order valence-corrected chi connectivity index (χ2v) is 21.0. The minimum absolute atomic E-state index is 0.0633. The SMILES string of the molecule is CCCCCCCCCCCCCCCCCCCCC(=O)OC[C@H](COC(=O)CCCCCCCCCCCCCCCCC(C)CC)OC(=O)CCCCCCCCCCC(C)C. The zero-order valence-electron chi connectivity index (χ0n) is 44.6. The molecule has 0 radical (unpaired) electrons. The highest BCUT2D eigenvalue weighted by Gasteiger charge is 2.19. The maximum Gasteiger partial charge on any atom is 0.306 e. The molecule has 0 saturated heterocycles. The van der Waals surface area contributed by atoms with Crippen LogP contribution in [0.3, 0.4) is 0 Å². The predicted octanol–water partition coefficient (Wildman–Crippen LogP) is 19.3. The molecule has 0 aliphatic heterocycles. The first kappa shape index (κ1) is 63.4. The van der Waals surface area contributed by atoms with Crippen molar-refractivity contribution in [2.45, 2.75) is 336 Å². The Hall–Kier alpha value is -1.59. The van der Waals surface area contributed by atoms with Crippen LogP contribution in [0.15, 0.2) is 0 Å². The van der Waals surface area contributed by atoms with E-state index in [4.69, 9.17) is 14.2 Å². The van der Waals surface area contributed by atoms with Gasteiger partial charge in [0.15, 0.2) is 6.10 Å². The Morgan fingerprint density at radius 2 is 0.585 bits per heavy atom. The number of rotatable bonds is 53. The third kappa shape index (κ3) is 51.6. The molecule has 6 nitrogen and oxygen atoms in total. The Morgan fingerprint density at radius 1 is 0.323 bits per heavy atom. The fourth-order valence-corrected chi connectivity index (χ4v) is 9.02. The van der Waals surface area contributed by atoms with Crippen molar-refractivity contribution in [1.29, 1.82) is 0 Å². The number of carbonyl (C=O) groups excluding carboxylic acids is 3. The van der Waals surface area contributed by atoms with Crippen LogP contribution in [-0.4, -0.2) is 37.2 Å². The summed E-state index contributed by atoms with van der Waals surface area (Å²) >= 11 is 0. The van der Waals surface area contributed by atoms with Gasteiger partial charge in [0.25, 0.3) is 0 Å². The average Bonchev–Trinajstić information content (AvgIpc) is 3.29. The number of hydrogen-bond acceptors (Lipinski definition) is 6. The van der Waals surface area contributed by atoms with Gasteiger partial charge >= 0.3 is 17.9 Å². The quantitative estimate of drug-likeness (QED) is 0.0344. The normalized spacial score (nSPS) is 12.5. The Labute approximate surface area is 406 Å². The number of esters is 3. The molecule has 0 saturated carbocycles. The molecule has 0 aliphatic rings. The van der Waals surface area contributed by atoms with Crippen molar-refractivity contribution in [1.82, 2.24) is 0 Å². The minimum atomic E-state index is -0.763. The van der Waals surface area contributed by atoms with Gasteiger partial charge < -0.3 is 14.2 Å². The third-order valence-electron chi connectivity index (χ3n) is 13.8. The van der Waals surface area contributed by atoms with Gasteiger partial charge in [-0.2, -0.15) is 0 Å². The summed E-state index contributed by atoms with van der Waals surface area (Å²) in [5.74, 6) is 0.847. The highest BCUT2D eigenvalue weighted by atomic mass is 16.6. The van der Waals surface area contributed by atoms with Crippen LogP contribution in [0.5, 0.6) is 0 Å². The van der Waals surface area contributed by atoms with Gasteiger partial charge in [-0.25, -0.2) is 0 Å². The molecule has 0 aromatic heterocycles. The zero-order chi connectivity index (χ0) is 47.5. The lowest BCUT2D eigenvalue weighted by Gasteiger charge is -2.18. The van der Waals surface area contributed by atoms with Crippen molar-refractivity contribution in [3.63, 3.8) is 0 Å². The van der Waals surface area contributed by atoms with E-state index in [0.717, 1.165) is 69.6 Å². The van der Waals surface area contributed by atoms with Crippen molar-refractivity contribution >= 4 is 17.9 Å². The highest BCUT2D eigenvalue weighted by Crippen LogP contribution is 2.19. The van der Waals surface area contributed by atoms with Crippen LogP contribution in [0.25, 0.3) is 0 Å². The molecule has 0 N–H and O–H groups in total. The molecule has 0 heterocycles. The van der Waals surface area contributed by atoms with E-state index >= 15 is 0 Å². The van der Waals surface area contributed by atoms with Crippen LogP contribution < -0.4 is 0 Å². The molecule has 0 spiro atoms. The fraction of sp³-hybridized carbons (Fsp3) is 0.949. The van der Waals surface area contributed by atoms with Crippen LogP contribution in [0.4, 0.5) is 0 Å². The van der Waals surface area contributed by atoms with Gasteiger partial charge in [-0.15, -0.1) is 0 Å². The van der Waals surface area contributed by atoms with E-state index in [1.165, 1.54) is 218 Å². The highest BCUT2D eigenvalue weighted by molar-refractivity contribution is 5.71. The summed E-state index contributed by atoms with van der Waals surface area (Å²) < 4.78 is 16.9. The van der Waals surface area contributed by atoms with Gasteiger partial charge in [0.1, 0.15) is 13.2 Å². The number of unbranched alkanes of at least 4 members (excludes halogenated alkanes) is 37. The van der Waals surface area contributed by atoms with E-state index in [1.807, 2.05) is 0 Å². The lowest BCUT2D eigenvalue weighted by molar-refractivity contribution is -0.167. The van der Waals surface area contributed by atoms with Crippen molar-refractivity contribution in [3.8, 4) is 0 Å². The van der Waals surface area contributed by atoms with Gasteiger partial charge in [0.05, 0.1) is 0 Å². The lowest BCUT2D eigenvalue weighted by atomic mass is 9.99. The molecule has 6 heteroatoms. The molecular weight excluding hydrogens is 805 g/mol.